The van der Waals surface area contributed by atoms with Gasteiger partial charge in [0.05, 0.1) is 37.9 Å². The van der Waals surface area contributed by atoms with Gasteiger partial charge in [0, 0.05) is 91.7 Å². The zero-order valence-corrected chi connectivity index (χ0v) is 49.4. The molecule has 0 aliphatic carbocycles. The summed E-state index contributed by atoms with van der Waals surface area (Å²) >= 11 is 1.37. The van der Waals surface area contributed by atoms with Crippen molar-refractivity contribution in [2.24, 2.45) is 5.92 Å². The van der Waals surface area contributed by atoms with Gasteiger partial charge in [-0.2, -0.15) is 20.2 Å². The van der Waals surface area contributed by atoms with Crippen molar-refractivity contribution in [2.45, 2.75) is 115 Å². The van der Waals surface area contributed by atoms with Crippen molar-refractivity contribution in [2.75, 3.05) is 79.9 Å². The van der Waals surface area contributed by atoms with Gasteiger partial charge in [0.1, 0.15) is 24.7 Å². The first kappa shape index (κ1) is 59.4. The summed E-state index contributed by atoms with van der Waals surface area (Å²) in [6.45, 7) is 7.28. The molecule has 440 valence electrons. The maximum atomic E-state index is 14.6. The van der Waals surface area contributed by atoms with Crippen LogP contribution in [0.1, 0.15) is 112 Å². The lowest BCUT2D eigenvalue weighted by Gasteiger charge is -2.28. The Hall–Kier alpha value is -6.77. The summed E-state index contributed by atoms with van der Waals surface area (Å²) in [5.74, 6) is -0.484. The minimum Gasteiger partial charge on any atom is -0.493 e. The maximum Gasteiger partial charge on any atom is 0.265 e. The second kappa shape index (κ2) is 26.4. The van der Waals surface area contributed by atoms with Crippen molar-refractivity contribution in [3.8, 4) is 17.2 Å². The number of thioether (sulfide) groups is 1. The third-order valence-corrected chi connectivity index (χ3v) is 18.4. The van der Waals surface area contributed by atoms with Crippen molar-refractivity contribution in [1.29, 1.82) is 0 Å². The first-order chi connectivity index (χ1) is 40.1. The van der Waals surface area contributed by atoms with E-state index in [0.29, 0.717) is 98.4 Å². The standard InChI is InChI=1S/C64H74N4O13S2/c1-5-23-78-25-26-79-24-22-65(20-10-14-51(69)15-11-21-66-61(70)37-60(82-4)64(66)73)50-29-42(38-80-57-34-44-18-19-49-32-45-12-6-8-16-54(45)67(49)62(71)52(44)27-41(57)2)28-43(30-50)39-81-59-35-47-31-48(40-83(74,75)76)56-33-46-13-7-9-17-55(46)68(56)63(72)53(47)36-58(59)77-3/h6-9,12-13,16-17,27-30,34-36,48-49,56,60H,5,10-11,14-15,18-26,31-33,37-40H2,1-4H3,(H,74,75,76)/t48?,49-,56+,60?/m1/s1. The van der Waals surface area contributed by atoms with Crippen molar-refractivity contribution in [3.63, 3.8) is 0 Å². The average Bonchev–Trinajstić information content (AvgIpc) is 2.50. The lowest BCUT2D eigenvalue weighted by atomic mass is 9.91. The molecular weight excluding hydrogens is 1100 g/mol. The van der Waals surface area contributed by atoms with Gasteiger partial charge in [-0.15, -0.1) is 0 Å². The number of ketones is 1. The highest BCUT2D eigenvalue weighted by atomic mass is 32.2. The largest absolute Gasteiger partial charge is 0.493 e. The number of imide groups is 1. The Labute approximate surface area is 490 Å². The summed E-state index contributed by atoms with van der Waals surface area (Å²) < 4.78 is 66.3. The smallest absolute Gasteiger partial charge is 0.265 e. The molecule has 0 aromatic heterocycles. The molecule has 1 fully saturated rings. The van der Waals surface area contributed by atoms with E-state index >= 15 is 0 Å². The number of carbonyl (C=O) groups excluding carboxylic acids is 5. The molecule has 5 aromatic carbocycles. The molecule has 5 aromatic rings. The van der Waals surface area contributed by atoms with E-state index in [1.54, 1.807) is 17.0 Å². The molecule has 2 unspecified atom stereocenters. The number of rotatable bonds is 27. The van der Waals surface area contributed by atoms with E-state index in [-0.39, 0.29) is 86.1 Å². The lowest BCUT2D eigenvalue weighted by Crippen LogP contribution is -2.43. The predicted octanol–water partition coefficient (Wildman–Crippen LogP) is 9.18. The number of fused-ring (bicyclic) bond motifs is 8. The Morgan fingerprint density at radius 2 is 1.36 bits per heavy atom. The number of aryl methyl sites for hydroxylation is 2. The summed E-state index contributed by atoms with van der Waals surface area (Å²) in [6, 6.07) is 28.7. The van der Waals surface area contributed by atoms with Crippen LogP contribution in [0.4, 0.5) is 17.1 Å². The molecule has 0 radical (unpaired) electrons. The molecule has 5 aliphatic heterocycles. The summed E-state index contributed by atoms with van der Waals surface area (Å²) in [4.78, 5) is 74.6. The number of methoxy groups -OCH3 is 1. The Bertz CT molecular complexity index is 3370. The molecule has 10 rings (SSSR count). The van der Waals surface area contributed by atoms with Crippen LogP contribution in [0, 0.1) is 12.8 Å². The lowest BCUT2D eigenvalue weighted by molar-refractivity contribution is -0.138. The molecule has 0 bridgehead atoms. The first-order valence-electron chi connectivity index (χ1n) is 28.9. The van der Waals surface area contributed by atoms with Crippen molar-refractivity contribution < 1.29 is 60.6 Å². The van der Waals surface area contributed by atoms with Crippen LogP contribution in [-0.2, 0) is 72.9 Å². The number of likely N-dealkylation sites (tertiary alicyclic amines) is 1. The van der Waals surface area contributed by atoms with Crippen LogP contribution in [0.25, 0.3) is 0 Å². The van der Waals surface area contributed by atoms with Crippen LogP contribution in [-0.4, -0.2) is 130 Å². The Morgan fingerprint density at radius 1 is 0.711 bits per heavy atom. The molecule has 19 heteroatoms. The fourth-order valence-corrected chi connectivity index (χ4v) is 14.0. The molecule has 83 heavy (non-hydrogen) atoms. The molecule has 1 N–H and O–H groups in total. The number of Topliss-reactive ketones (excluding diaryl/α,β-unsaturated/α-hetero) is 1. The van der Waals surface area contributed by atoms with Gasteiger partial charge in [0.15, 0.2) is 11.5 Å². The predicted molar refractivity (Wildman–Crippen MR) is 319 cm³/mol. The van der Waals surface area contributed by atoms with E-state index in [0.717, 1.165) is 64.9 Å². The van der Waals surface area contributed by atoms with Gasteiger partial charge in [-0.25, -0.2) is 0 Å². The van der Waals surface area contributed by atoms with Crippen LogP contribution < -0.4 is 28.9 Å². The first-order valence-corrected chi connectivity index (χ1v) is 31.8. The number of anilines is 3. The van der Waals surface area contributed by atoms with Gasteiger partial charge in [-0.3, -0.25) is 33.4 Å². The van der Waals surface area contributed by atoms with Crippen LogP contribution in [0.3, 0.4) is 0 Å². The Kier molecular flexibility index (Phi) is 18.9. The molecule has 0 spiro atoms. The second-order valence-electron chi connectivity index (χ2n) is 22.3. The van der Waals surface area contributed by atoms with Gasteiger partial charge >= 0.3 is 0 Å². The second-order valence-corrected chi connectivity index (χ2v) is 24.8. The van der Waals surface area contributed by atoms with Gasteiger partial charge in [-0.05, 0) is 158 Å². The van der Waals surface area contributed by atoms with E-state index in [2.05, 4.69) is 24.0 Å². The fourth-order valence-electron chi connectivity index (χ4n) is 12.5. The zero-order valence-electron chi connectivity index (χ0n) is 47.8. The Balaban J connectivity index is 0.921. The number of benzene rings is 5. The highest BCUT2D eigenvalue weighted by Crippen LogP contribution is 2.44. The van der Waals surface area contributed by atoms with E-state index < -0.39 is 27.8 Å². The van der Waals surface area contributed by atoms with E-state index in [4.69, 9.17) is 23.7 Å². The summed E-state index contributed by atoms with van der Waals surface area (Å²) in [6.07, 6.45) is 7.34. The number of para-hydroxylation sites is 2. The minimum atomic E-state index is -4.43. The van der Waals surface area contributed by atoms with Crippen LogP contribution in [0.5, 0.6) is 17.2 Å². The summed E-state index contributed by atoms with van der Waals surface area (Å²) in [5, 5.41) is -0.367. The number of hydrogen-bond donors (Lipinski definition) is 1. The number of ether oxygens (including phenoxy) is 5. The summed E-state index contributed by atoms with van der Waals surface area (Å²) in [7, 11) is -2.93. The minimum absolute atomic E-state index is 0.000132. The number of carbonyl (C=O) groups is 5. The van der Waals surface area contributed by atoms with Gasteiger partial charge in [0.25, 0.3) is 21.9 Å². The third kappa shape index (κ3) is 13.6. The molecule has 1 saturated heterocycles. The van der Waals surface area contributed by atoms with Crippen molar-refractivity contribution in [1.82, 2.24) is 4.90 Å². The van der Waals surface area contributed by atoms with Gasteiger partial charge < -0.3 is 38.4 Å². The molecular formula is C64H74N4O13S2. The van der Waals surface area contributed by atoms with Crippen LogP contribution >= 0.6 is 11.8 Å². The molecule has 4 amide bonds. The normalized spacial score (nSPS) is 18.9. The highest BCUT2D eigenvalue weighted by Gasteiger charge is 2.44. The van der Waals surface area contributed by atoms with Crippen molar-refractivity contribution in [3.05, 3.63) is 141 Å². The van der Waals surface area contributed by atoms with Gasteiger partial charge in [0.2, 0.25) is 11.8 Å². The molecule has 17 nitrogen and oxygen atoms in total. The average molecular weight is 1170 g/mol. The number of hydrogen-bond acceptors (Lipinski definition) is 14. The van der Waals surface area contributed by atoms with E-state index in [1.807, 2.05) is 84.8 Å². The molecule has 5 aliphatic rings. The molecule has 4 atom stereocenters. The Morgan fingerprint density at radius 3 is 2.06 bits per heavy atom. The monoisotopic (exact) mass is 1170 g/mol. The fraction of sp³-hybridized carbons (Fsp3) is 0.453. The number of nitrogens with zero attached hydrogens (tertiary/aromatic N) is 4. The van der Waals surface area contributed by atoms with Crippen LogP contribution in [0.2, 0.25) is 0 Å². The quantitative estimate of drug-likeness (QED) is 0.0296. The summed E-state index contributed by atoms with van der Waals surface area (Å²) in [5.41, 5.74) is 9.59. The van der Waals surface area contributed by atoms with Crippen LogP contribution in [0.15, 0.2) is 91.0 Å². The van der Waals surface area contributed by atoms with E-state index in [9.17, 15) is 36.9 Å². The highest BCUT2D eigenvalue weighted by molar-refractivity contribution is 8.00. The third-order valence-electron chi connectivity index (χ3n) is 16.6. The van der Waals surface area contributed by atoms with E-state index in [1.165, 1.54) is 29.3 Å². The molecule has 5 heterocycles. The van der Waals surface area contributed by atoms with Crippen molar-refractivity contribution >= 4 is 68.4 Å². The maximum absolute atomic E-state index is 14.6. The number of amides is 4. The molecule has 0 saturated carbocycles. The van der Waals surface area contributed by atoms with Gasteiger partial charge in [-0.1, -0.05) is 43.3 Å². The SMILES string of the molecule is CCCOCCOCCN(CCCC(=O)CCCN1C(=O)CC(SC)C1=O)c1cc(COc2cc3c(cc2C)C(=O)N2c4ccccc4C[C@H]2CC3)cc(COc2cc3c(cc2OC)C(=O)N2c4ccccc4C[C@H]2C(CS(=O)(=O)O)C3)c1. The topological polar surface area (TPSA) is 199 Å². The zero-order chi connectivity index (χ0) is 58.4.